The van der Waals surface area contributed by atoms with Gasteiger partial charge in [0.15, 0.2) is 5.96 Å². The molecule has 106 valence electrons. The lowest BCUT2D eigenvalue weighted by Gasteiger charge is -2.11. The molecule has 0 bridgehead atoms. The topological polar surface area (TPSA) is 36.4 Å². The van der Waals surface area contributed by atoms with E-state index in [9.17, 15) is 13.2 Å². The largest absolute Gasteiger partial charge is 0.390 e. The number of halogens is 3. The summed E-state index contributed by atoms with van der Waals surface area (Å²) < 4.78 is 35.9. The van der Waals surface area contributed by atoms with Crippen LogP contribution in [0.15, 0.2) is 17.6 Å². The van der Waals surface area contributed by atoms with Gasteiger partial charge in [0.1, 0.15) is 0 Å². The number of hydrogen-bond acceptors (Lipinski definition) is 2. The number of aliphatic imine (C=N–C) groups is 1. The van der Waals surface area contributed by atoms with Gasteiger partial charge in [-0.2, -0.15) is 24.9 Å². The summed E-state index contributed by atoms with van der Waals surface area (Å²) >= 11 is 1.70. The highest BCUT2D eigenvalue weighted by Gasteiger charge is 2.26. The summed E-state index contributed by atoms with van der Waals surface area (Å²) in [5, 5.41) is 5.88. The van der Waals surface area contributed by atoms with Gasteiger partial charge in [0.25, 0.3) is 0 Å². The quantitative estimate of drug-likeness (QED) is 0.311. The summed E-state index contributed by atoms with van der Waals surface area (Å²) in [7, 11) is 0. The summed E-state index contributed by atoms with van der Waals surface area (Å²) in [4.78, 5) is 3.86. The number of guanidine groups is 1. The number of hydrogen-bond donors (Lipinski definition) is 2. The molecule has 0 aliphatic rings. The van der Waals surface area contributed by atoms with Crippen LogP contribution in [-0.2, 0) is 0 Å². The number of rotatable bonds is 8. The predicted octanol–water partition coefficient (Wildman–Crippen LogP) is 2.41. The van der Waals surface area contributed by atoms with E-state index in [1.54, 1.807) is 11.8 Å². The van der Waals surface area contributed by atoms with Crippen LogP contribution in [0.5, 0.6) is 0 Å². The first kappa shape index (κ1) is 17.2. The first-order valence-corrected chi connectivity index (χ1v) is 6.92. The van der Waals surface area contributed by atoms with Crippen LogP contribution in [0, 0.1) is 0 Å². The number of nitrogens with one attached hydrogen (secondary N) is 2. The molecule has 0 aromatic heterocycles. The summed E-state index contributed by atoms with van der Waals surface area (Å²) in [6, 6.07) is 0. The molecule has 0 amide bonds. The van der Waals surface area contributed by atoms with Crippen molar-refractivity contribution in [2.45, 2.75) is 19.5 Å². The van der Waals surface area contributed by atoms with Gasteiger partial charge in [-0.1, -0.05) is 6.08 Å². The van der Waals surface area contributed by atoms with Crippen molar-refractivity contribution in [1.82, 2.24) is 10.6 Å². The second kappa shape index (κ2) is 10.1. The van der Waals surface area contributed by atoms with Crippen LogP contribution in [0.2, 0.25) is 0 Å². The summed E-state index contributed by atoms with van der Waals surface area (Å²) in [5.41, 5.74) is 0. The predicted molar refractivity (Wildman–Crippen MR) is 72.2 cm³/mol. The van der Waals surface area contributed by atoms with Crippen molar-refractivity contribution in [2.75, 3.05) is 31.1 Å². The highest BCUT2D eigenvalue weighted by Crippen LogP contribution is 2.18. The molecule has 0 radical (unpaired) electrons. The Morgan fingerprint density at radius 1 is 1.39 bits per heavy atom. The molecule has 0 aliphatic carbocycles. The first-order chi connectivity index (χ1) is 8.49. The Balaban J connectivity index is 3.89. The maximum absolute atomic E-state index is 12.0. The molecule has 0 rings (SSSR count). The van der Waals surface area contributed by atoms with Crippen LogP contribution >= 0.6 is 11.8 Å². The Bertz CT molecular complexity index is 254. The van der Waals surface area contributed by atoms with Crippen LogP contribution in [0.3, 0.4) is 0 Å². The lowest BCUT2D eigenvalue weighted by molar-refractivity contribution is -0.132. The van der Waals surface area contributed by atoms with Crippen LogP contribution < -0.4 is 10.6 Å². The second-order valence-electron chi connectivity index (χ2n) is 3.42. The fourth-order valence-electron chi connectivity index (χ4n) is 1.04. The van der Waals surface area contributed by atoms with Crippen molar-refractivity contribution in [2.24, 2.45) is 4.99 Å². The Kier molecular flexibility index (Phi) is 9.63. The molecule has 0 heterocycles. The summed E-state index contributed by atoms with van der Waals surface area (Å²) in [6.45, 7) is 6.51. The molecule has 0 saturated carbocycles. The third kappa shape index (κ3) is 11.6. The lowest BCUT2D eigenvalue weighted by atomic mass is 10.4. The van der Waals surface area contributed by atoms with E-state index in [2.05, 4.69) is 22.2 Å². The minimum absolute atomic E-state index is 0.251. The Labute approximate surface area is 110 Å². The van der Waals surface area contributed by atoms with Crippen molar-refractivity contribution in [3.8, 4) is 0 Å². The van der Waals surface area contributed by atoms with Gasteiger partial charge in [-0.05, 0) is 6.92 Å². The molecule has 0 unspecified atom stereocenters. The SMILES string of the molecule is C=CCSCCNC(=NCCC(F)(F)F)NCC. The van der Waals surface area contributed by atoms with Gasteiger partial charge < -0.3 is 10.6 Å². The number of nitrogens with zero attached hydrogens (tertiary/aromatic N) is 1. The van der Waals surface area contributed by atoms with E-state index < -0.39 is 12.6 Å². The van der Waals surface area contributed by atoms with E-state index in [-0.39, 0.29) is 6.54 Å². The van der Waals surface area contributed by atoms with Gasteiger partial charge in [0.2, 0.25) is 0 Å². The lowest BCUT2D eigenvalue weighted by Crippen LogP contribution is -2.38. The third-order valence-electron chi connectivity index (χ3n) is 1.78. The van der Waals surface area contributed by atoms with E-state index in [4.69, 9.17) is 0 Å². The molecule has 18 heavy (non-hydrogen) atoms. The second-order valence-corrected chi connectivity index (χ2v) is 4.57. The zero-order chi connectivity index (χ0) is 13.9. The number of alkyl halides is 3. The highest BCUT2D eigenvalue weighted by molar-refractivity contribution is 7.99. The Hall–Kier alpha value is -0.850. The van der Waals surface area contributed by atoms with E-state index in [1.165, 1.54) is 0 Å². The molecule has 0 saturated heterocycles. The first-order valence-electron chi connectivity index (χ1n) is 5.77. The molecule has 0 aromatic carbocycles. The Morgan fingerprint density at radius 2 is 2.11 bits per heavy atom. The highest BCUT2D eigenvalue weighted by atomic mass is 32.2. The smallest absolute Gasteiger partial charge is 0.357 e. The molecular weight excluding hydrogens is 263 g/mol. The van der Waals surface area contributed by atoms with Crippen molar-refractivity contribution in [3.63, 3.8) is 0 Å². The van der Waals surface area contributed by atoms with Crippen LogP contribution in [-0.4, -0.2) is 43.3 Å². The molecule has 0 aliphatic heterocycles. The fourth-order valence-corrected chi connectivity index (χ4v) is 1.62. The zero-order valence-corrected chi connectivity index (χ0v) is 11.3. The average molecular weight is 283 g/mol. The van der Waals surface area contributed by atoms with Gasteiger partial charge in [0.05, 0.1) is 13.0 Å². The standard InChI is InChI=1S/C11H20F3N3S/c1-3-8-18-9-7-17-10(15-4-2)16-6-5-11(12,13)14/h3H,1,4-9H2,2H3,(H2,15,16,17). The zero-order valence-electron chi connectivity index (χ0n) is 10.5. The van der Waals surface area contributed by atoms with Crippen molar-refractivity contribution in [3.05, 3.63) is 12.7 Å². The van der Waals surface area contributed by atoms with Gasteiger partial charge in [-0.3, -0.25) is 4.99 Å². The minimum Gasteiger partial charge on any atom is -0.357 e. The minimum atomic E-state index is -4.15. The van der Waals surface area contributed by atoms with Crippen molar-refractivity contribution in [1.29, 1.82) is 0 Å². The molecule has 7 heteroatoms. The molecule has 0 fully saturated rings. The van der Waals surface area contributed by atoms with E-state index in [0.29, 0.717) is 19.0 Å². The fraction of sp³-hybridized carbons (Fsp3) is 0.727. The maximum atomic E-state index is 12.0. The van der Waals surface area contributed by atoms with E-state index in [1.807, 2.05) is 13.0 Å². The van der Waals surface area contributed by atoms with Gasteiger partial charge in [0, 0.05) is 24.6 Å². The molecule has 0 aromatic rings. The molecule has 3 nitrogen and oxygen atoms in total. The monoisotopic (exact) mass is 283 g/mol. The normalized spacial score (nSPS) is 12.3. The van der Waals surface area contributed by atoms with Gasteiger partial charge in [-0.15, -0.1) is 6.58 Å². The maximum Gasteiger partial charge on any atom is 0.390 e. The van der Waals surface area contributed by atoms with Crippen molar-refractivity contribution < 1.29 is 13.2 Å². The number of thioether (sulfide) groups is 1. The van der Waals surface area contributed by atoms with Gasteiger partial charge in [-0.25, -0.2) is 0 Å². The molecule has 0 spiro atoms. The average Bonchev–Trinajstić information content (AvgIpc) is 2.27. The summed E-state index contributed by atoms with van der Waals surface area (Å²) in [6.07, 6.45) is -3.23. The molecule has 2 N–H and O–H groups in total. The molecule has 0 atom stereocenters. The van der Waals surface area contributed by atoms with E-state index in [0.717, 1.165) is 11.5 Å². The third-order valence-corrected chi connectivity index (χ3v) is 2.75. The van der Waals surface area contributed by atoms with Crippen LogP contribution in [0.1, 0.15) is 13.3 Å². The van der Waals surface area contributed by atoms with Gasteiger partial charge >= 0.3 is 6.18 Å². The van der Waals surface area contributed by atoms with E-state index >= 15 is 0 Å². The Morgan fingerprint density at radius 3 is 2.67 bits per heavy atom. The van der Waals surface area contributed by atoms with Crippen LogP contribution in [0.25, 0.3) is 0 Å². The van der Waals surface area contributed by atoms with Crippen molar-refractivity contribution >= 4 is 17.7 Å². The van der Waals surface area contributed by atoms with Crippen LogP contribution in [0.4, 0.5) is 13.2 Å². The summed E-state index contributed by atoms with van der Waals surface area (Å²) in [5.74, 6) is 2.15. The molecular formula is C11H20F3N3S.